The Hall–Kier alpha value is -3.01. The van der Waals surface area contributed by atoms with E-state index >= 15 is 0 Å². The number of hydrogen-bond acceptors (Lipinski definition) is 4. The third-order valence-corrected chi connectivity index (χ3v) is 6.63. The Morgan fingerprint density at radius 3 is 2.61 bits per heavy atom. The number of aromatic nitrogens is 3. The maximum absolute atomic E-state index is 13.6. The molecule has 2 aromatic heterocycles. The van der Waals surface area contributed by atoms with Crippen LogP contribution in [0, 0.1) is 23.5 Å². The van der Waals surface area contributed by atoms with Gasteiger partial charge in [-0.3, -0.25) is 5.10 Å². The van der Waals surface area contributed by atoms with E-state index in [1.54, 1.807) is 12.3 Å². The maximum atomic E-state index is 13.6. The molecule has 1 aliphatic heterocycles. The van der Waals surface area contributed by atoms with E-state index in [2.05, 4.69) is 20.5 Å². The van der Waals surface area contributed by atoms with Crippen LogP contribution in [-0.4, -0.2) is 34.3 Å². The molecule has 1 saturated carbocycles. The molecule has 2 aliphatic rings. The summed E-state index contributed by atoms with van der Waals surface area (Å²) in [6, 6.07) is 7.50. The minimum Gasteiger partial charge on any atom is -0.356 e. The van der Waals surface area contributed by atoms with Gasteiger partial charge >= 0.3 is 6.18 Å². The van der Waals surface area contributed by atoms with Crippen molar-refractivity contribution in [2.45, 2.75) is 31.6 Å². The van der Waals surface area contributed by atoms with E-state index in [9.17, 15) is 22.0 Å². The van der Waals surface area contributed by atoms with Gasteiger partial charge in [0, 0.05) is 42.9 Å². The molecule has 2 N–H and O–H groups in total. The second-order valence-corrected chi connectivity index (χ2v) is 8.70. The highest BCUT2D eigenvalue weighted by molar-refractivity contribution is 5.62. The lowest BCUT2D eigenvalue weighted by Gasteiger charge is -2.23. The smallest absolute Gasteiger partial charge is 0.356 e. The molecule has 3 aromatic rings. The summed E-state index contributed by atoms with van der Waals surface area (Å²) in [6.07, 6.45) is -0.903. The van der Waals surface area contributed by atoms with E-state index < -0.39 is 23.5 Å². The largest absolute Gasteiger partial charge is 0.433 e. The molecule has 3 heterocycles. The first-order valence-corrected chi connectivity index (χ1v) is 10.8. The van der Waals surface area contributed by atoms with Crippen LogP contribution in [0.15, 0.2) is 42.6 Å². The Kier molecular flexibility index (Phi) is 5.55. The van der Waals surface area contributed by atoms with Crippen molar-refractivity contribution in [1.29, 1.82) is 0 Å². The van der Waals surface area contributed by atoms with Gasteiger partial charge in [-0.25, -0.2) is 13.8 Å². The average molecular weight is 463 g/mol. The van der Waals surface area contributed by atoms with Crippen LogP contribution in [0.5, 0.6) is 0 Å². The predicted molar refractivity (Wildman–Crippen MR) is 112 cm³/mol. The van der Waals surface area contributed by atoms with Crippen LogP contribution in [0.25, 0.3) is 11.3 Å². The van der Waals surface area contributed by atoms with Gasteiger partial charge in [0.2, 0.25) is 0 Å². The third-order valence-electron chi connectivity index (χ3n) is 6.63. The summed E-state index contributed by atoms with van der Waals surface area (Å²) in [5, 5.41) is 10.4. The number of alkyl halides is 3. The van der Waals surface area contributed by atoms with Crippen molar-refractivity contribution >= 4 is 5.82 Å². The Morgan fingerprint density at radius 2 is 1.85 bits per heavy atom. The first kappa shape index (κ1) is 21.8. The summed E-state index contributed by atoms with van der Waals surface area (Å²) in [5.41, 5.74) is 0.844. The first-order valence-electron chi connectivity index (χ1n) is 10.8. The number of nitrogens with one attached hydrogen (secondary N) is 2. The molecule has 5 nitrogen and oxygen atoms in total. The second-order valence-electron chi connectivity index (χ2n) is 8.70. The molecule has 0 amide bonds. The monoisotopic (exact) mass is 463 g/mol. The molecular weight excluding hydrogens is 441 g/mol. The lowest BCUT2D eigenvalue weighted by Crippen LogP contribution is -2.35. The number of hydrogen-bond donors (Lipinski definition) is 2. The fourth-order valence-corrected chi connectivity index (χ4v) is 5.10. The first-order chi connectivity index (χ1) is 15.8. The predicted octanol–water partition coefficient (Wildman–Crippen LogP) is 4.77. The third kappa shape index (κ3) is 4.44. The molecule has 3 unspecified atom stereocenters. The second kappa shape index (κ2) is 8.40. The standard InChI is InChI=1S/C23H22F5N5/c24-16-6-14(7-17(25)8-16)22-15(10-30-32-22)9-29-19-5-4-13-11-33(12-18(13)19)21-3-1-2-20(31-21)23(26,27)28/h1-3,6-8,10,13,18-19,29H,4-5,9,11-12H2,(H,30,32). The molecule has 1 aromatic carbocycles. The molecule has 3 atom stereocenters. The summed E-state index contributed by atoms with van der Waals surface area (Å²) >= 11 is 0. The van der Waals surface area contributed by atoms with Crippen molar-refractivity contribution in [2.24, 2.45) is 11.8 Å². The number of rotatable bonds is 5. The van der Waals surface area contributed by atoms with Gasteiger partial charge in [-0.2, -0.15) is 18.3 Å². The van der Waals surface area contributed by atoms with Crippen LogP contribution in [0.1, 0.15) is 24.1 Å². The minimum absolute atomic E-state index is 0.179. The van der Waals surface area contributed by atoms with Crippen LogP contribution in [0.4, 0.5) is 27.8 Å². The number of H-pyrrole nitrogens is 1. The van der Waals surface area contributed by atoms with E-state index in [-0.39, 0.29) is 12.0 Å². The molecule has 0 radical (unpaired) electrons. The number of aromatic amines is 1. The molecule has 33 heavy (non-hydrogen) atoms. The van der Waals surface area contributed by atoms with Gasteiger partial charge < -0.3 is 10.2 Å². The van der Waals surface area contributed by atoms with Crippen LogP contribution >= 0.6 is 0 Å². The molecule has 0 bridgehead atoms. The summed E-state index contributed by atoms with van der Waals surface area (Å²) in [5.74, 6) is -0.315. The van der Waals surface area contributed by atoms with Crippen LogP contribution in [0.3, 0.4) is 0 Å². The lowest BCUT2D eigenvalue weighted by atomic mass is 9.97. The van der Waals surface area contributed by atoms with Crippen molar-refractivity contribution in [2.75, 3.05) is 18.0 Å². The number of fused-ring (bicyclic) bond motifs is 1. The molecule has 5 rings (SSSR count). The van der Waals surface area contributed by atoms with Gasteiger partial charge in [0.25, 0.3) is 0 Å². The van der Waals surface area contributed by atoms with Crippen molar-refractivity contribution in [1.82, 2.24) is 20.5 Å². The van der Waals surface area contributed by atoms with Crippen molar-refractivity contribution in [3.8, 4) is 11.3 Å². The van der Waals surface area contributed by atoms with E-state index in [0.717, 1.165) is 30.5 Å². The molecule has 1 aliphatic carbocycles. The van der Waals surface area contributed by atoms with Gasteiger partial charge in [-0.05, 0) is 48.9 Å². The summed E-state index contributed by atoms with van der Waals surface area (Å²) < 4.78 is 66.4. The number of nitrogens with zero attached hydrogens (tertiary/aromatic N) is 3. The molecule has 1 saturated heterocycles. The van der Waals surface area contributed by atoms with Crippen molar-refractivity contribution in [3.63, 3.8) is 0 Å². The van der Waals surface area contributed by atoms with E-state index in [1.807, 2.05) is 4.90 Å². The van der Waals surface area contributed by atoms with Gasteiger partial charge in [0.15, 0.2) is 0 Å². The Labute approximate surface area is 187 Å². The van der Waals surface area contributed by atoms with Gasteiger partial charge in [0.1, 0.15) is 23.1 Å². The highest BCUT2D eigenvalue weighted by atomic mass is 19.4. The molecule has 0 spiro atoms. The lowest BCUT2D eigenvalue weighted by molar-refractivity contribution is -0.141. The topological polar surface area (TPSA) is 56.8 Å². The zero-order chi connectivity index (χ0) is 23.2. The normalized spacial score (nSPS) is 22.7. The highest BCUT2D eigenvalue weighted by Crippen LogP contribution is 2.40. The van der Waals surface area contributed by atoms with E-state index in [1.165, 1.54) is 18.2 Å². The Bertz CT molecular complexity index is 1120. The molecule has 2 fully saturated rings. The highest BCUT2D eigenvalue weighted by Gasteiger charge is 2.43. The summed E-state index contributed by atoms with van der Waals surface area (Å²) in [7, 11) is 0. The van der Waals surface area contributed by atoms with Gasteiger partial charge in [-0.1, -0.05) is 6.07 Å². The summed E-state index contributed by atoms with van der Waals surface area (Å²) in [6.45, 7) is 1.76. The van der Waals surface area contributed by atoms with Crippen LogP contribution < -0.4 is 10.2 Å². The Morgan fingerprint density at radius 1 is 1.06 bits per heavy atom. The molecule has 10 heteroatoms. The van der Waals surface area contributed by atoms with Gasteiger partial charge in [0.05, 0.1) is 11.9 Å². The number of anilines is 1. The summed E-state index contributed by atoms with van der Waals surface area (Å²) in [4.78, 5) is 5.76. The van der Waals surface area contributed by atoms with Crippen LogP contribution in [-0.2, 0) is 12.7 Å². The van der Waals surface area contributed by atoms with Crippen molar-refractivity contribution in [3.05, 3.63) is 65.5 Å². The zero-order valence-electron chi connectivity index (χ0n) is 17.5. The minimum atomic E-state index is -4.47. The number of pyridine rings is 1. The quantitative estimate of drug-likeness (QED) is 0.535. The van der Waals surface area contributed by atoms with Gasteiger partial charge in [-0.15, -0.1) is 0 Å². The fourth-order valence-electron chi connectivity index (χ4n) is 5.10. The fraction of sp³-hybridized carbons (Fsp3) is 0.391. The zero-order valence-corrected chi connectivity index (χ0v) is 17.5. The maximum Gasteiger partial charge on any atom is 0.433 e. The molecular formula is C23H22F5N5. The molecule has 174 valence electrons. The SMILES string of the molecule is Fc1cc(F)cc(-c2[nH]ncc2CNC2CCC3CN(c4cccc(C(F)(F)F)n4)CC32)c1. The van der Waals surface area contributed by atoms with E-state index in [0.29, 0.717) is 42.6 Å². The van der Waals surface area contributed by atoms with E-state index in [4.69, 9.17) is 0 Å². The Balaban J connectivity index is 1.26. The van der Waals surface area contributed by atoms with Crippen LogP contribution in [0.2, 0.25) is 0 Å². The number of halogens is 5. The van der Waals surface area contributed by atoms with Crippen molar-refractivity contribution < 1.29 is 22.0 Å². The number of benzene rings is 1. The average Bonchev–Trinajstić information content (AvgIpc) is 3.47.